The molecule has 2 saturated heterocycles. The number of aromatic amines is 1. The zero-order chi connectivity index (χ0) is 23.4. The number of piperidine rings is 1. The van der Waals surface area contributed by atoms with Crippen molar-refractivity contribution in [3.63, 3.8) is 0 Å². The summed E-state index contributed by atoms with van der Waals surface area (Å²) < 4.78 is 5.85. The Kier molecular flexibility index (Phi) is 4.82. The van der Waals surface area contributed by atoms with E-state index in [-0.39, 0.29) is 17.6 Å². The van der Waals surface area contributed by atoms with Crippen molar-refractivity contribution in [1.29, 1.82) is 5.26 Å². The number of pyridine rings is 1. The van der Waals surface area contributed by atoms with Crippen LogP contribution >= 0.6 is 0 Å². The summed E-state index contributed by atoms with van der Waals surface area (Å²) in [5.74, 6) is 2.32. The Morgan fingerprint density at radius 2 is 2.00 bits per heavy atom. The molecule has 6 heterocycles. The second kappa shape index (κ2) is 7.78. The van der Waals surface area contributed by atoms with E-state index in [1.807, 2.05) is 19.3 Å². The molecule has 2 fully saturated rings. The number of rotatable bonds is 2. The maximum Gasteiger partial charge on any atom is 0.183 e. The van der Waals surface area contributed by atoms with Gasteiger partial charge in [-0.05, 0) is 31.9 Å². The van der Waals surface area contributed by atoms with E-state index < -0.39 is 0 Å². The Hall–Kier alpha value is -3.49. The maximum atomic E-state index is 9.24. The Morgan fingerprint density at radius 3 is 2.74 bits per heavy atom. The van der Waals surface area contributed by atoms with E-state index in [4.69, 9.17) is 20.4 Å². The monoisotopic (exact) mass is 460 g/mol. The molecule has 2 atom stereocenters. The molecule has 6 rings (SSSR count). The predicted octanol–water partition coefficient (Wildman–Crippen LogP) is 1.54. The number of hydrogen-bond donors (Lipinski definition) is 2. The molecule has 1 spiro atoms. The van der Waals surface area contributed by atoms with Gasteiger partial charge in [0.15, 0.2) is 22.8 Å². The largest absolute Gasteiger partial charge is 0.376 e. The molecule has 0 unspecified atom stereocenters. The van der Waals surface area contributed by atoms with Gasteiger partial charge in [-0.1, -0.05) is 0 Å². The zero-order valence-corrected chi connectivity index (χ0v) is 19.4. The molecular weight excluding hydrogens is 432 g/mol. The van der Waals surface area contributed by atoms with Crippen molar-refractivity contribution in [2.45, 2.75) is 31.9 Å². The number of nitrogens with zero attached hydrogens (tertiary/aromatic N) is 8. The molecule has 3 N–H and O–H groups in total. The molecule has 0 saturated carbocycles. The van der Waals surface area contributed by atoms with Gasteiger partial charge < -0.3 is 25.2 Å². The van der Waals surface area contributed by atoms with Gasteiger partial charge in [-0.15, -0.1) is 0 Å². The van der Waals surface area contributed by atoms with Crippen molar-refractivity contribution in [3.8, 4) is 6.07 Å². The normalized spacial score (nSPS) is 24.0. The fraction of sp³-hybridized carbons (Fsp3) is 0.522. The molecule has 11 nitrogen and oxygen atoms in total. The molecule has 0 aromatic carbocycles. The van der Waals surface area contributed by atoms with Gasteiger partial charge in [-0.25, -0.2) is 15.0 Å². The van der Waals surface area contributed by atoms with Crippen LogP contribution in [0.25, 0.3) is 11.2 Å². The van der Waals surface area contributed by atoms with E-state index >= 15 is 0 Å². The Balaban J connectivity index is 1.26. The SMILES string of the molecule is C[C@@H]1OCC2(CCN(c3cnc4c(N5CCN(C)c6nc(C#N)ccc65)n[nH]c4n3)CC2)[C@@H]1N. The number of hydrogen-bond acceptors (Lipinski definition) is 10. The molecule has 0 radical (unpaired) electrons. The number of nitriles is 1. The summed E-state index contributed by atoms with van der Waals surface area (Å²) in [6.07, 6.45) is 3.93. The van der Waals surface area contributed by atoms with Crippen LogP contribution in [0.15, 0.2) is 18.3 Å². The minimum Gasteiger partial charge on any atom is -0.376 e. The first-order chi connectivity index (χ1) is 16.5. The molecule has 0 bridgehead atoms. The van der Waals surface area contributed by atoms with Crippen LogP contribution in [0, 0.1) is 16.7 Å². The van der Waals surface area contributed by atoms with E-state index in [1.54, 1.807) is 6.07 Å². The highest BCUT2D eigenvalue weighted by molar-refractivity contribution is 5.89. The lowest BCUT2D eigenvalue weighted by atomic mass is 9.73. The van der Waals surface area contributed by atoms with E-state index in [0.717, 1.165) is 74.3 Å². The third kappa shape index (κ3) is 3.17. The zero-order valence-electron chi connectivity index (χ0n) is 19.4. The number of nitrogens with one attached hydrogen (secondary N) is 1. The second-order valence-corrected chi connectivity index (χ2v) is 9.59. The first-order valence-electron chi connectivity index (χ1n) is 11.7. The lowest BCUT2D eigenvalue weighted by Gasteiger charge is -2.41. The number of nitrogens with two attached hydrogens (primary N) is 1. The van der Waals surface area contributed by atoms with Crippen LogP contribution in [-0.4, -0.2) is 77.1 Å². The second-order valence-electron chi connectivity index (χ2n) is 9.59. The van der Waals surface area contributed by atoms with Crippen LogP contribution in [0.5, 0.6) is 0 Å². The van der Waals surface area contributed by atoms with Crippen LogP contribution in [0.4, 0.5) is 23.1 Å². The van der Waals surface area contributed by atoms with Gasteiger partial charge in [-0.2, -0.15) is 10.4 Å². The van der Waals surface area contributed by atoms with Crippen LogP contribution in [-0.2, 0) is 4.74 Å². The first-order valence-corrected chi connectivity index (χ1v) is 11.7. The van der Waals surface area contributed by atoms with Crippen molar-refractivity contribution < 1.29 is 4.74 Å². The molecule has 3 aromatic heterocycles. The third-order valence-corrected chi connectivity index (χ3v) is 7.71. The Labute approximate surface area is 197 Å². The average Bonchev–Trinajstić information content (AvgIpc) is 3.41. The van der Waals surface area contributed by atoms with Crippen LogP contribution < -0.4 is 20.4 Å². The summed E-state index contributed by atoms with van der Waals surface area (Å²) >= 11 is 0. The van der Waals surface area contributed by atoms with Crippen molar-refractivity contribution >= 4 is 34.3 Å². The fourth-order valence-corrected chi connectivity index (χ4v) is 5.47. The van der Waals surface area contributed by atoms with Crippen LogP contribution in [0.3, 0.4) is 0 Å². The molecule has 3 aliphatic rings. The fourth-order valence-electron chi connectivity index (χ4n) is 5.47. The summed E-state index contributed by atoms with van der Waals surface area (Å²) in [6.45, 7) is 6.06. The van der Waals surface area contributed by atoms with E-state index in [0.29, 0.717) is 11.3 Å². The Morgan fingerprint density at radius 1 is 1.18 bits per heavy atom. The first kappa shape index (κ1) is 21.1. The lowest BCUT2D eigenvalue weighted by molar-refractivity contribution is 0.0974. The molecule has 176 valence electrons. The highest BCUT2D eigenvalue weighted by Gasteiger charge is 2.47. The quantitative estimate of drug-likeness (QED) is 0.579. The van der Waals surface area contributed by atoms with Gasteiger partial charge in [-0.3, -0.25) is 5.10 Å². The van der Waals surface area contributed by atoms with E-state index in [9.17, 15) is 5.26 Å². The number of anilines is 4. The number of ether oxygens (including phenoxy) is 1. The molecule has 0 aliphatic carbocycles. The summed E-state index contributed by atoms with van der Waals surface area (Å²) in [5.41, 5.74) is 9.21. The smallest absolute Gasteiger partial charge is 0.183 e. The van der Waals surface area contributed by atoms with Crippen molar-refractivity contribution in [1.82, 2.24) is 25.1 Å². The minimum atomic E-state index is 0.0723. The molecule has 3 aliphatic heterocycles. The van der Waals surface area contributed by atoms with E-state index in [2.05, 4.69) is 42.9 Å². The van der Waals surface area contributed by atoms with Gasteiger partial charge in [0.25, 0.3) is 0 Å². The molecular formula is C23H28N10O. The van der Waals surface area contributed by atoms with Gasteiger partial charge in [0, 0.05) is 44.7 Å². The predicted molar refractivity (Wildman–Crippen MR) is 128 cm³/mol. The van der Waals surface area contributed by atoms with Crippen LogP contribution in [0.2, 0.25) is 0 Å². The average molecular weight is 461 g/mol. The highest BCUT2D eigenvalue weighted by atomic mass is 16.5. The van der Waals surface area contributed by atoms with Gasteiger partial charge in [0.05, 0.1) is 24.6 Å². The molecule has 3 aromatic rings. The van der Waals surface area contributed by atoms with Gasteiger partial charge in [0.2, 0.25) is 0 Å². The number of aromatic nitrogens is 5. The van der Waals surface area contributed by atoms with Gasteiger partial charge >= 0.3 is 0 Å². The van der Waals surface area contributed by atoms with E-state index in [1.165, 1.54) is 0 Å². The summed E-state index contributed by atoms with van der Waals surface area (Å²) in [5, 5.41) is 16.9. The third-order valence-electron chi connectivity index (χ3n) is 7.71. The summed E-state index contributed by atoms with van der Waals surface area (Å²) in [7, 11) is 1.98. The van der Waals surface area contributed by atoms with Crippen molar-refractivity contribution in [3.05, 3.63) is 24.0 Å². The number of H-pyrrole nitrogens is 1. The molecule has 0 amide bonds. The summed E-state index contributed by atoms with van der Waals surface area (Å²) in [6, 6.07) is 5.85. The molecule has 11 heteroatoms. The maximum absolute atomic E-state index is 9.24. The number of fused-ring (bicyclic) bond motifs is 2. The molecule has 34 heavy (non-hydrogen) atoms. The topological polar surface area (TPSA) is 136 Å². The van der Waals surface area contributed by atoms with Crippen molar-refractivity contribution in [2.75, 3.05) is 54.5 Å². The van der Waals surface area contributed by atoms with Gasteiger partial charge in [0.1, 0.15) is 17.6 Å². The van der Waals surface area contributed by atoms with Crippen molar-refractivity contribution in [2.24, 2.45) is 11.1 Å². The summed E-state index contributed by atoms with van der Waals surface area (Å²) in [4.78, 5) is 20.5. The van der Waals surface area contributed by atoms with Crippen LogP contribution in [0.1, 0.15) is 25.5 Å². The highest BCUT2D eigenvalue weighted by Crippen LogP contribution is 2.42. The standard InChI is InChI=1S/C23H28N10O/c1-14-19(25)23(13-34-14)5-7-32(8-6-23)17-12-26-18-20(28-17)29-30-22(18)33-10-9-31(2)21-16(33)4-3-15(11-24)27-21/h3-4,12,14,19H,5-10,13,25H2,1-2H3,(H,28,29,30)/t14-,19+/m0/s1. The number of likely N-dealkylation sites (N-methyl/N-ethyl adjacent to an activating group) is 1. The minimum absolute atomic E-state index is 0.0723. The lowest BCUT2D eigenvalue weighted by Crippen LogP contribution is -2.50. The Bertz CT molecular complexity index is 1270.